The lowest BCUT2D eigenvalue weighted by Gasteiger charge is -2.09. The van der Waals surface area contributed by atoms with E-state index in [1.165, 1.54) is 0 Å². The number of hydrogen-bond acceptors (Lipinski definition) is 4. The molecule has 30 heavy (non-hydrogen) atoms. The van der Waals surface area contributed by atoms with Crippen LogP contribution in [0.25, 0.3) is 5.69 Å². The zero-order valence-electron chi connectivity index (χ0n) is 15.8. The molecule has 2 N–H and O–H groups in total. The number of alkyl halides is 3. The number of aromatic nitrogens is 3. The molecule has 0 aliphatic carbocycles. The largest absolute Gasteiger partial charge is 0.434 e. The van der Waals surface area contributed by atoms with Gasteiger partial charge in [-0.15, -0.1) is 35.3 Å². The van der Waals surface area contributed by atoms with Gasteiger partial charge in [0.2, 0.25) is 0 Å². The molecule has 162 valence electrons. The molecule has 0 aliphatic heterocycles. The molecule has 3 aromatic rings. The fourth-order valence-corrected chi connectivity index (χ4v) is 3.24. The van der Waals surface area contributed by atoms with Crippen molar-refractivity contribution in [1.82, 2.24) is 25.4 Å². The summed E-state index contributed by atoms with van der Waals surface area (Å²) in [7, 11) is 0. The summed E-state index contributed by atoms with van der Waals surface area (Å²) in [5, 5.41) is 12.3. The average Bonchev–Trinajstić information content (AvgIpc) is 3.34. The van der Waals surface area contributed by atoms with Crippen LogP contribution in [0.2, 0.25) is 5.02 Å². The van der Waals surface area contributed by atoms with E-state index in [2.05, 4.69) is 25.7 Å². The maximum absolute atomic E-state index is 12.6. The Morgan fingerprint density at radius 1 is 1.23 bits per heavy atom. The van der Waals surface area contributed by atoms with Gasteiger partial charge in [0.25, 0.3) is 0 Å². The number of halogens is 5. The lowest BCUT2D eigenvalue weighted by Crippen LogP contribution is -2.36. The zero-order chi connectivity index (χ0) is 20.9. The predicted octanol–water partition coefficient (Wildman–Crippen LogP) is 4.87. The van der Waals surface area contributed by atoms with Gasteiger partial charge in [0.15, 0.2) is 11.7 Å². The summed E-state index contributed by atoms with van der Waals surface area (Å²) in [6.07, 6.45) is -0.873. The van der Waals surface area contributed by atoms with E-state index < -0.39 is 11.9 Å². The third-order valence-electron chi connectivity index (χ3n) is 3.74. The number of benzene rings is 1. The first-order valence-electron chi connectivity index (χ1n) is 8.68. The first kappa shape index (κ1) is 24.4. The Labute approximate surface area is 197 Å². The van der Waals surface area contributed by atoms with Gasteiger partial charge in [0.1, 0.15) is 5.01 Å². The van der Waals surface area contributed by atoms with Crippen LogP contribution in [0.1, 0.15) is 23.2 Å². The average molecular weight is 571 g/mol. The number of thiazole rings is 1. The van der Waals surface area contributed by atoms with Crippen LogP contribution in [0, 0.1) is 0 Å². The number of rotatable bonds is 6. The van der Waals surface area contributed by atoms with E-state index in [1.807, 2.05) is 25.3 Å². The van der Waals surface area contributed by atoms with Gasteiger partial charge in [0, 0.05) is 28.7 Å². The maximum atomic E-state index is 12.6. The second-order valence-corrected chi connectivity index (χ2v) is 7.32. The molecule has 0 saturated heterocycles. The van der Waals surface area contributed by atoms with Crippen LogP contribution in [0.5, 0.6) is 0 Å². The number of aliphatic imine (C=N–C) groups is 1. The molecule has 0 unspecified atom stereocenters. The summed E-state index contributed by atoms with van der Waals surface area (Å²) in [5.74, 6) is 0.482. The molecule has 12 heteroatoms. The van der Waals surface area contributed by atoms with Gasteiger partial charge in [-0.2, -0.15) is 18.3 Å². The Morgan fingerprint density at radius 2 is 1.97 bits per heavy atom. The van der Waals surface area contributed by atoms with E-state index in [0.717, 1.165) is 28.0 Å². The molecule has 0 radical (unpaired) electrons. The molecule has 6 nitrogen and oxygen atoms in total. The second-order valence-electron chi connectivity index (χ2n) is 5.94. The minimum atomic E-state index is -4.43. The lowest BCUT2D eigenvalue weighted by molar-refractivity contribution is -0.140. The van der Waals surface area contributed by atoms with Crippen molar-refractivity contribution in [1.29, 1.82) is 0 Å². The van der Waals surface area contributed by atoms with Crippen molar-refractivity contribution < 1.29 is 13.2 Å². The fourth-order valence-electron chi connectivity index (χ4n) is 2.37. The molecule has 0 fully saturated rings. The topological polar surface area (TPSA) is 67.1 Å². The van der Waals surface area contributed by atoms with Crippen LogP contribution in [0.3, 0.4) is 0 Å². The fraction of sp³-hybridized carbons (Fsp3) is 0.278. The van der Waals surface area contributed by atoms with Gasteiger partial charge >= 0.3 is 6.18 Å². The molecule has 0 bridgehead atoms. The molecule has 0 aliphatic rings. The lowest BCUT2D eigenvalue weighted by atomic mass is 10.3. The summed E-state index contributed by atoms with van der Waals surface area (Å²) < 4.78 is 39.7. The summed E-state index contributed by atoms with van der Waals surface area (Å²) in [6, 6.07) is 7.28. The third-order valence-corrected chi connectivity index (χ3v) is 4.84. The molecule has 3 rings (SSSR count). The van der Waals surface area contributed by atoms with Crippen molar-refractivity contribution >= 4 is 52.9 Å². The van der Waals surface area contributed by atoms with Crippen molar-refractivity contribution in [3.8, 4) is 5.69 Å². The minimum absolute atomic E-state index is 0. The quantitative estimate of drug-likeness (QED) is 0.252. The highest BCUT2D eigenvalue weighted by Gasteiger charge is 2.33. The Hall–Kier alpha value is -1.86. The number of nitrogens with one attached hydrogen (secondary N) is 2. The van der Waals surface area contributed by atoms with E-state index in [1.54, 1.807) is 23.0 Å². The first-order chi connectivity index (χ1) is 13.8. The molecule has 0 atom stereocenters. The van der Waals surface area contributed by atoms with Crippen LogP contribution in [0.15, 0.2) is 47.0 Å². The van der Waals surface area contributed by atoms with Gasteiger partial charge in [-0.25, -0.2) is 14.7 Å². The molecule has 0 amide bonds. The number of guanidine groups is 1. The van der Waals surface area contributed by atoms with E-state index >= 15 is 0 Å². The van der Waals surface area contributed by atoms with Crippen LogP contribution in [-0.2, 0) is 19.3 Å². The summed E-state index contributed by atoms with van der Waals surface area (Å²) in [6.45, 7) is 3.02. The normalized spacial score (nSPS) is 11.8. The monoisotopic (exact) mass is 570 g/mol. The van der Waals surface area contributed by atoms with Gasteiger partial charge in [-0.05, 0) is 31.2 Å². The van der Waals surface area contributed by atoms with E-state index in [-0.39, 0.29) is 30.5 Å². The SMILES string of the molecule is CCNC(=NCc1cnn(-c2ccc(Cl)cc2)c1)NCc1nc(C(F)(F)F)cs1.I. The standard InChI is InChI=1S/C18H18ClF3N6S.HI/c1-2-23-17(25-9-16-27-15(11-29-16)18(20,21)22)24-7-12-8-26-28(10-12)14-5-3-13(19)4-6-14;/h3-6,8,10-11H,2,7,9H2,1H3,(H2,23,24,25);1H. The van der Waals surface area contributed by atoms with E-state index in [9.17, 15) is 13.2 Å². The molecule has 0 spiro atoms. The Bertz CT molecular complexity index is 971. The summed E-state index contributed by atoms with van der Waals surface area (Å²) in [5.41, 5.74) is 0.875. The van der Waals surface area contributed by atoms with Crippen molar-refractivity contribution in [3.05, 3.63) is 63.3 Å². The molecule has 1 aromatic carbocycles. The smallest absolute Gasteiger partial charge is 0.357 e. The summed E-state index contributed by atoms with van der Waals surface area (Å²) >= 11 is 6.85. The minimum Gasteiger partial charge on any atom is -0.357 e. The zero-order valence-corrected chi connectivity index (χ0v) is 19.7. The molecule has 2 heterocycles. The van der Waals surface area contributed by atoms with Crippen molar-refractivity contribution in [2.45, 2.75) is 26.2 Å². The van der Waals surface area contributed by atoms with Gasteiger partial charge in [-0.1, -0.05) is 11.6 Å². The van der Waals surface area contributed by atoms with Crippen molar-refractivity contribution in [2.75, 3.05) is 6.54 Å². The Morgan fingerprint density at radius 3 is 2.60 bits per heavy atom. The van der Waals surface area contributed by atoms with Crippen LogP contribution >= 0.6 is 46.9 Å². The van der Waals surface area contributed by atoms with Crippen LogP contribution < -0.4 is 10.6 Å². The maximum Gasteiger partial charge on any atom is 0.434 e. The molecular formula is C18H19ClF3IN6S. The van der Waals surface area contributed by atoms with Crippen molar-refractivity contribution in [2.24, 2.45) is 4.99 Å². The second kappa shape index (κ2) is 11.0. The highest BCUT2D eigenvalue weighted by Crippen LogP contribution is 2.29. The first-order valence-corrected chi connectivity index (χ1v) is 9.94. The predicted molar refractivity (Wildman–Crippen MR) is 123 cm³/mol. The number of hydrogen-bond donors (Lipinski definition) is 2. The van der Waals surface area contributed by atoms with Gasteiger partial charge < -0.3 is 10.6 Å². The molecule has 0 saturated carbocycles. The van der Waals surface area contributed by atoms with Crippen LogP contribution in [0.4, 0.5) is 13.2 Å². The van der Waals surface area contributed by atoms with Crippen molar-refractivity contribution in [3.63, 3.8) is 0 Å². The Kier molecular flexibility index (Phi) is 8.92. The Balaban J connectivity index is 0.00000320. The molecule has 2 aromatic heterocycles. The highest BCUT2D eigenvalue weighted by atomic mass is 127. The highest BCUT2D eigenvalue weighted by molar-refractivity contribution is 14.0. The van der Waals surface area contributed by atoms with Gasteiger partial charge in [-0.3, -0.25) is 0 Å². The van der Waals surface area contributed by atoms with E-state index in [4.69, 9.17) is 11.6 Å². The number of nitrogens with zero attached hydrogens (tertiary/aromatic N) is 4. The summed E-state index contributed by atoms with van der Waals surface area (Å²) in [4.78, 5) is 8.05. The van der Waals surface area contributed by atoms with E-state index in [0.29, 0.717) is 29.1 Å². The van der Waals surface area contributed by atoms with Gasteiger partial charge in [0.05, 0.1) is 25.0 Å². The van der Waals surface area contributed by atoms with Crippen LogP contribution in [-0.4, -0.2) is 27.3 Å². The third kappa shape index (κ3) is 6.84. The molecular weight excluding hydrogens is 552 g/mol.